The van der Waals surface area contributed by atoms with E-state index in [1.165, 1.54) is 28.0 Å². The fourth-order valence-corrected chi connectivity index (χ4v) is 7.66. The lowest BCUT2D eigenvalue weighted by Crippen LogP contribution is -2.56. The molecule has 4 atom stereocenters. The lowest BCUT2D eigenvalue weighted by atomic mass is 9.82. The van der Waals surface area contributed by atoms with Gasteiger partial charge >= 0.3 is 6.09 Å². The number of ketones is 1. The first-order chi connectivity index (χ1) is 22.5. The van der Waals surface area contributed by atoms with Crippen molar-refractivity contribution >= 4 is 39.6 Å². The first-order valence-electron chi connectivity index (χ1n) is 16.2. The molecule has 0 radical (unpaired) electrons. The Balaban J connectivity index is 1.31. The van der Waals surface area contributed by atoms with Gasteiger partial charge in [0.1, 0.15) is 23.5 Å². The summed E-state index contributed by atoms with van der Waals surface area (Å²) in [4.78, 5) is 69.4. The maximum absolute atomic E-state index is 14.3. The molecule has 0 spiro atoms. The van der Waals surface area contributed by atoms with Crippen LogP contribution >= 0.6 is 0 Å². The van der Waals surface area contributed by atoms with Crippen molar-refractivity contribution in [1.82, 2.24) is 19.8 Å². The summed E-state index contributed by atoms with van der Waals surface area (Å²) >= 11 is 0. The number of nitrogens with zero attached hydrogens (tertiary/aromatic N) is 2. The maximum Gasteiger partial charge on any atom is 0.410 e. The molecule has 260 valence electrons. The van der Waals surface area contributed by atoms with Gasteiger partial charge < -0.3 is 15.0 Å². The van der Waals surface area contributed by atoms with E-state index in [4.69, 9.17) is 4.74 Å². The SMILES string of the molecule is C=C[C@@H]1C[C@]1(NC(=O)C1C[C@@H](OC(=O)N2Cc3cccc(F)c3C2)CN1C(=O)CCC(C)(C)C(=O)C=C(C)C)C(=O)NS(=O)(=O)C1CC1. The number of allylic oxidation sites excluding steroid dienone is 2. The van der Waals surface area contributed by atoms with Crippen molar-refractivity contribution in [2.75, 3.05) is 6.54 Å². The highest BCUT2D eigenvalue weighted by Gasteiger charge is 2.62. The second-order valence-corrected chi connectivity index (χ2v) is 16.2. The van der Waals surface area contributed by atoms with E-state index in [0.717, 1.165) is 5.57 Å². The van der Waals surface area contributed by atoms with Crippen molar-refractivity contribution in [2.24, 2.45) is 11.3 Å². The molecule has 2 N–H and O–H groups in total. The summed E-state index contributed by atoms with van der Waals surface area (Å²) in [5.41, 5.74) is -0.546. The van der Waals surface area contributed by atoms with Crippen molar-refractivity contribution < 1.29 is 41.5 Å². The monoisotopic (exact) mass is 686 g/mol. The summed E-state index contributed by atoms with van der Waals surface area (Å²) in [6.07, 6.45) is 2.39. The second-order valence-electron chi connectivity index (χ2n) is 14.2. The zero-order valence-corrected chi connectivity index (χ0v) is 28.5. The van der Waals surface area contributed by atoms with Crippen molar-refractivity contribution in [3.63, 3.8) is 0 Å². The average molecular weight is 687 g/mol. The minimum Gasteiger partial charge on any atom is -0.444 e. The van der Waals surface area contributed by atoms with Crippen LogP contribution in [-0.2, 0) is 47.0 Å². The number of likely N-dealkylation sites (tertiary alicyclic amines) is 1. The highest BCUT2D eigenvalue weighted by atomic mass is 32.2. The molecule has 5 rings (SSSR count). The van der Waals surface area contributed by atoms with Crippen molar-refractivity contribution in [1.29, 1.82) is 0 Å². The van der Waals surface area contributed by atoms with E-state index in [0.29, 0.717) is 24.0 Å². The molecule has 1 saturated heterocycles. The predicted molar refractivity (Wildman–Crippen MR) is 173 cm³/mol. The zero-order valence-electron chi connectivity index (χ0n) is 27.7. The smallest absolute Gasteiger partial charge is 0.410 e. The molecule has 2 heterocycles. The summed E-state index contributed by atoms with van der Waals surface area (Å²) in [5.74, 6) is -3.13. The molecule has 2 aliphatic carbocycles. The number of carbonyl (C=O) groups is 5. The standard InChI is InChI=1S/C34H43FN4O8S/c1-6-22-16-34(22,31(43)37-48(45,46)24-10-11-24)36-30(42)27-15-23(47-32(44)38-17-21-8-7-9-26(35)25(21)19-38)18-39(27)29(41)12-13-33(4,5)28(40)14-20(2)3/h6-9,14,22-24,27H,1,10-13,15-19H2,2-5H3,(H,36,42)(H,37,43)/t22-,23-,27?,34-/m1/s1. The number of rotatable bonds is 12. The number of ether oxygens (including phenoxy) is 1. The summed E-state index contributed by atoms with van der Waals surface area (Å²) in [6.45, 7) is 10.8. The van der Waals surface area contributed by atoms with Crippen molar-refractivity contribution in [3.8, 4) is 0 Å². The quantitative estimate of drug-likeness (QED) is 0.251. The summed E-state index contributed by atoms with van der Waals surface area (Å²) in [7, 11) is -3.90. The molecule has 12 nitrogen and oxygen atoms in total. The zero-order chi connectivity index (χ0) is 35.2. The first-order valence-corrected chi connectivity index (χ1v) is 17.7. The molecule has 14 heteroatoms. The fraction of sp³-hybridized carbons (Fsp3) is 0.559. The van der Waals surface area contributed by atoms with Crippen LogP contribution in [0.25, 0.3) is 0 Å². The van der Waals surface area contributed by atoms with E-state index in [2.05, 4.69) is 16.6 Å². The molecule has 2 saturated carbocycles. The Bertz CT molecular complexity index is 1680. The largest absolute Gasteiger partial charge is 0.444 e. The van der Waals surface area contributed by atoms with E-state index in [1.807, 2.05) is 0 Å². The molecule has 3 fully saturated rings. The molecule has 1 aromatic rings. The number of hydrogen-bond donors (Lipinski definition) is 2. The number of amides is 4. The van der Waals surface area contributed by atoms with Crippen molar-refractivity contribution in [3.05, 3.63) is 59.4 Å². The van der Waals surface area contributed by atoms with Gasteiger partial charge in [-0.1, -0.05) is 37.6 Å². The molecule has 4 aliphatic rings. The fourth-order valence-electron chi connectivity index (χ4n) is 6.30. The Kier molecular flexibility index (Phi) is 9.61. The molecule has 0 aromatic heterocycles. The molecule has 2 aliphatic heterocycles. The Hall–Kier alpha value is -4.07. The van der Waals surface area contributed by atoms with Crippen LogP contribution < -0.4 is 10.0 Å². The van der Waals surface area contributed by atoms with Gasteiger partial charge in [0, 0.05) is 36.3 Å². The van der Waals surface area contributed by atoms with Gasteiger partial charge in [0.05, 0.1) is 18.3 Å². The molecule has 4 amide bonds. The van der Waals surface area contributed by atoms with Gasteiger partial charge in [-0.3, -0.25) is 28.8 Å². The van der Waals surface area contributed by atoms with Crippen LogP contribution in [0.5, 0.6) is 0 Å². The minimum atomic E-state index is -3.90. The summed E-state index contributed by atoms with van der Waals surface area (Å²) in [5, 5.41) is 2.05. The highest BCUT2D eigenvalue weighted by Crippen LogP contribution is 2.45. The van der Waals surface area contributed by atoms with Gasteiger partial charge in [-0.25, -0.2) is 17.6 Å². The second kappa shape index (κ2) is 13.1. The van der Waals surface area contributed by atoms with Crippen LogP contribution in [-0.4, -0.2) is 77.3 Å². The normalized spacial score (nSPS) is 24.7. The summed E-state index contributed by atoms with van der Waals surface area (Å²) < 4.78 is 47.2. The molecule has 48 heavy (non-hydrogen) atoms. The third kappa shape index (κ3) is 7.32. The van der Waals surface area contributed by atoms with Crippen LogP contribution in [0.3, 0.4) is 0 Å². The summed E-state index contributed by atoms with van der Waals surface area (Å²) in [6, 6.07) is 3.45. The molecule has 1 aromatic carbocycles. The molecule has 1 unspecified atom stereocenters. The minimum absolute atomic E-state index is 0.0131. The van der Waals surface area contributed by atoms with Gasteiger partial charge in [-0.15, -0.1) is 6.58 Å². The van der Waals surface area contributed by atoms with Crippen molar-refractivity contribution in [2.45, 2.75) is 102 Å². The van der Waals surface area contributed by atoms with Crippen LogP contribution in [0.2, 0.25) is 0 Å². The van der Waals surface area contributed by atoms with Gasteiger partial charge in [0.25, 0.3) is 5.91 Å². The van der Waals surface area contributed by atoms with Gasteiger partial charge in [0.2, 0.25) is 21.8 Å². The van der Waals surface area contributed by atoms with E-state index >= 15 is 0 Å². The number of halogens is 1. The molecule has 0 bridgehead atoms. The Morgan fingerprint density at radius 1 is 1.15 bits per heavy atom. The van der Waals surface area contributed by atoms with Crippen LogP contribution in [0.1, 0.15) is 77.3 Å². The van der Waals surface area contributed by atoms with E-state index < -0.39 is 73.9 Å². The Morgan fingerprint density at radius 2 is 1.85 bits per heavy atom. The predicted octanol–water partition coefficient (Wildman–Crippen LogP) is 3.26. The lowest BCUT2D eigenvalue weighted by molar-refractivity contribution is -0.140. The van der Waals surface area contributed by atoms with Gasteiger partial charge in [-0.05, 0) is 57.2 Å². The number of benzene rings is 1. The third-order valence-corrected chi connectivity index (χ3v) is 11.5. The lowest BCUT2D eigenvalue weighted by Gasteiger charge is -2.28. The third-order valence-electron chi connectivity index (χ3n) is 9.64. The van der Waals surface area contributed by atoms with E-state index in [-0.39, 0.29) is 51.1 Å². The number of fused-ring (bicyclic) bond motifs is 1. The molecular weight excluding hydrogens is 643 g/mol. The number of hydrogen-bond acceptors (Lipinski definition) is 8. The van der Waals surface area contributed by atoms with Crippen LogP contribution in [0, 0.1) is 17.2 Å². The number of carbonyl (C=O) groups excluding carboxylic acids is 5. The molecular formula is C34H43FN4O8S. The number of nitrogens with one attached hydrogen (secondary N) is 2. The van der Waals surface area contributed by atoms with Crippen LogP contribution in [0.15, 0.2) is 42.5 Å². The maximum atomic E-state index is 14.3. The van der Waals surface area contributed by atoms with Crippen LogP contribution in [0.4, 0.5) is 9.18 Å². The Morgan fingerprint density at radius 3 is 2.46 bits per heavy atom. The highest BCUT2D eigenvalue weighted by molar-refractivity contribution is 7.91. The van der Waals surface area contributed by atoms with E-state index in [1.54, 1.807) is 39.8 Å². The Labute approximate surface area is 280 Å². The van der Waals surface area contributed by atoms with E-state index in [9.17, 15) is 36.8 Å². The number of sulfonamides is 1. The average Bonchev–Trinajstić information content (AvgIpc) is 3.90. The van der Waals surface area contributed by atoms with Gasteiger partial charge in [0.15, 0.2) is 5.78 Å². The topological polar surface area (TPSA) is 159 Å². The first kappa shape index (κ1) is 35.2. The van der Waals surface area contributed by atoms with Gasteiger partial charge in [-0.2, -0.15) is 0 Å².